The van der Waals surface area contributed by atoms with Gasteiger partial charge in [0.25, 0.3) is 0 Å². The first-order chi connectivity index (χ1) is 6.82. The van der Waals surface area contributed by atoms with Gasteiger partial charge in [0.2, 0.25) is 0 Å². The van der Waals surface area contributed by atoms with E-state index >= 15 is 0 Å². The second-order valence-electron chi connectivity index (χ2n) is 3.63. The normalized spacial score (nSPS) is 25.0. The molecular formula is C11H15NOS. The van der Waals surface area contributed by atoms with Crippen molar-refractivity contribution in [2.24, 2.45) is 0 Å². The third-order valence-corrected chi connectivity index (χ3v) is 4.23. The number of aliphatic hydroxyl groups excluding tert-OH is 1. The Morgan fingerprint density at radius 2 is 2.29 bits per heavy atom. The van der Waals surface area contributed by atoms with Crippen LogP contribution in [-0.2, 0) is 10.5 Å². The zero-order chi connectivity index (χ0) is 10.0. The van der Waals surface area contributed by atoms with Gasteiger partial charge in [-0.15, -0.1) is 11.8 Å². The molecule has 14 heavy (non-hydrogen) atoms. The molecule has 1 atom stereocenters. The van der Waals surface area contributed by atoms with Crippen LogP contribution in [0.1, 0.15) is 11.1 Å². The van der Waals surface area contributed by atoms with E-state index in [4.69, 9.17) is 0 Å². The first kappa shape index (κ1) is 10.0. The molecular weight excluding hydrogens is 194 g/mol. The second kappa shape index (κ2) is 3.93. The zero-order valence-electron chi connectivity index (χ0n) is 8.29. The molecule has 1 heterocycles. The fourth-order valence-electron chi connectivity index (χ4n) is 2.00. The summed E-state index contributed by atoms with van der Waals surface area (Å²) in [6.07, 6.45) is 0. The summed E-state index contributed by atoms with van der Waals surface area (Å²) in [5.74, 6) is 1.01. The van der Waals surface area contributed by atoms with Gasteiger partial charge in [-0.05, 0) is 18.2 Å². The summed E-state index contributed by atoms with van der Waals surface area (Å²) < 4.78 is -0.120. The van der Waals surface area contributed by atoms with Crippen LogP contribution in [0.4, 0.5) is 0 Å². The number of aliphatic hydroxyl groups is 1. The van der Waals surface area contributed by atoms with E-state index in [9.17, 15) is 5.11 Å². The highest BCUT2D eigenvalue weighted by atomic mass is 32.2. The Morgan fingerprint density at radius 3 is 3.00 bits per heavy atom. The minimum absolute atomic E-state index is 0.120. The van der Waals surface area contributed by atoms with Crippen molar-refractivity contribution in [3.63, 3.8) is 0 Å². The standard InChI is InChI=1S/C11H15NOS/c1-12-7-11(8-13)10-5-3-2-4-9(10)6-14-11/h2-5,12-13H,6-8H2,1H3. The molecule has 76 valence electrons. The molecule has 0 radical (unpaired) electrons. The van der Waals surface area contributed by atoms with Crippen molar-refractivity contribution >= 4 is 11.8 Å². The Balaban J connectivity index is 2.39. The Morgan fingerprint density at radius 1 is 1.50 bits per heavy atom. The van der Waals surface area contributed by atoms with Crippen molar-refractivity contribution in [3.05, 3.63) is 35.4 Å². The number of fused-ring (bicyclic) bond motifs is 1. The van der Waals surface area contributed by atoms with Crippen molar-refractivity contribution in [1.29, 1.82) is 0 Å². The van der Waals surface area contributed by atoms with Crippen LogP contribution in [-0.4, -0.2) is 25.3 Å². The number of hydrogen-bond donors (Lipinski definition) is 2. The average molecular weight is 209 g/mol. The van der Waals surface area contributed by atoms with Gasteiger partial charge in [-0.3, -0.25) is 0 Å². The lowest BCUT2D eigenvalue weighted by atomic mass is 9.95. The van der Waals surface area contributed by atoms with E-state index in [-0.39, 0.29) is 11.4 Å². The largest absolute Gasteiger partial charge is 0.395 e. The topological polar surface area (TPSA) is 32.3 Å². The smallest absolute Gasteiger partial charge is 0.0768 e. The van der Waals surface area contributed by atoms with Gasteiger partial charge >= 0.3 is 0 Å². The molecule has 1 aromatic rings. The van der Waals surface area contributed by atoms with E-state index in [1.165, 1.54) is 11.1 Å². The van der Waals surface area contributed by atoms with Crippen LogP contribution in [0, 0.1) is 0 Å². The number of likely N-dealkylation sites (N-methyl/N-ethyl adjacent to an activating group) is 1. The quantitative estimate of drug-likeness (QED) is 0.788. The Kier molecular flexibility index (Phi) is 2.81. The summed E-state index contributed by atoms with van der Waals surface area (Å²) in [6, 6.07) is 8.38. The molecule has 0 aliphatic carbocycles. The SMILES string of the molecule is CNCC1(CO)SCc2ccccc21. The highest BCUT2D eigenvalue weighted by Crippen LogP contribution is 2.46. The van der Waals surface area contributed by atoms with Gasteiger partial charge in [-0.2, -0.15) is 0 Å². The third-order valence-electron chi connectivity index (χ3n) is 2.73. The first-order valence-electron chi connectivity index (χ1n) is 4.80. The third kappa shape index (κ3) is 1.45. The zero-order valence-corrected chi connectivity index (χ0v) is 9.10. The van der Waals surface area contributed by atoms with Gasteiger partial charge < -0.3 is 10.4 Å². The van der Waals surface area contributed by atoms with Gasteiger partial charge in [-0.25, -0.2) is 0 Å². The van der Waals surface area contributed by atoms with E-state index < -0.39 is 0 Å². The minimum Gasteiger partial charge on any atom is -0.395 e. The van der Waals surface area contributed by atoms with E-state index in [0.717, 1.165) is 12.3 Å². The molecule has 2 nitrogen and oxygen atoms in total. The van der Waals surface area contributed by atoms with E-state index in [1.54, 1.807) is 0 Å². The van der Waals surface area contributed by atoms with Gasteiger partial charge in [0, 0.05) is 12.3 Å². The summed E-state index contributed by atoms with van der Waals surface area (Å²) in [7, 11) is 1.93. The maximum Gasteiger partial charge on any atom is 0.0768 e. The van der Waals surface area contributed by atoms with Gasteiger partial charge in [0.1, 0.15) is 0 Å². The second-order valence-corrected chi connectivity index (χ2v) is 4.99. The molecule has 1 unspecified atom stereocenters. The van der Waals surface area contributed by atoms with E-state index in [0.29, 0.717) is 0 Å². The van der Waals surface area contributed by atoms with Gasteiger partial charge in [-0.1, -0.05) is 24.3 Å². The van der Waals surface area contributed by atoms with Gasteiger partial charge in [0.15, 0.2) is 0 Å². The van der Waals surface area contributed by atoms with Gasteiger partial charge in [0.05, 0.1) is 11.4 Å². The molecule has 1 aromatic carbocycles. The molecule has 3 heteroatoms. The molecule has 2 N–H and O–H groups in total. The maximum absolute atomic E-state index is 9.53. The summed E-state index contributed by atoms with van der Waals surface area (Å²) in [5.41, 5.74) is 2.66. The average Bonchev–Trinajstić information content (AvgIpc) is 2.59. The fraction of sp³-hybridized carbons (Fsp3) is 0.455. The van der Waals surface area contributed by atoms with E-state index in [2.05, 4.69) is 23.5 Å². The van der Waals surface area contributed by atoms with Crippen LogP contribution in [0.3, 0.4) is 0 Å². The Labute approximate surface area is 88.7 Å². The van der Waals surface area contributed by atoms with Crippen LogP contribution in [0.5, 0.6) is 0 Å². The molecule has 0 fully saturated rings. The monoisotopic (exact) mass is 209 g/mol. The Hall–Kier alpha value is -0.510. The highest BCUT2D eigenvalue weighted by molar-refractivity contribution is 7.99. The fourth-order valence-corrected chi connectivity index (χ4v) is 3.38. The predicted molar refractivity (Wildman–Crippen MR) is 60.4 cm³/mol. The molecule has 0 spiro atoms. The molecule has 0 saturated heterocycles. The molecule has 0 saturated carbocycles. The number of rotatable bonds is 3. The highest BCUT2D eigenvalue weighted by Gasteiger charge is 2.38. The molecule has 1 aliphatic rings. The lowest BCUT2D eigenvalue weighted by Gasteiger charge is -2.26. The number of hydrogen-bond acceptors (Lipinski definition) is 3. The lowest BCUT2D eigenvalue weighted by Crippen LogP contribution is -2.35. The van der Waals surface area contributed by atoms with Crippen molar-refractivity contribution in [2.45, 2.75) is 10.5 Å². The number of nitrogens with one attached hydrogen (secondary N) is 1. The maximum atomic E-state index is 9.53. The van der Waals surface area contributed by atoms with Crippen molar-refractivity contribution < 1.29 is 5.11 Å². The van der Waals surface area contributed by atoms with Crippen LogP contribution in [0.25, 0.3) is 0 Å². The summed E-state index contributed by atoms with van der Waals surface area (Å²) in [6.45, 7) is 1.03. The molecule has 0 aromatic heterocycles. The van der Waals surface area contributed by atoms with Crippen molar-refractivity contribution in [1.82, 2.24) is 5.32 Å². The molecule has 1 aliphatic heterocycles. The summed E-state index contributed by atoms with van der Waals surface area (Å²) >= 11 is 1.83. The predicted octanol–water partition coefficient (Wildman–Crippen LogP) is 1.34. The van der Waals surface area contributed by atoms with Crippen LogP contribution < -0.4 is 5.32 Å². The first-order valence-corrected chi connectivity index (χ1v) is 5.79. The lowest BCUT2D eigenvalue weighted by molar-refractivity contribution is 0.248. The summed E-state index contributed by atoms with van der Waals surface area (Å²) in [5, 5.41) is 12.7. The molecule has 0 amide bonds. The molecule has 2 rings (SSSR count). The number of thioether (sulfide) groups is 1. The molecule has 0 bridgehead atoms. The van der Waals surface area contributed by atoms with Crippen LogP contribution in [0.15, 0.2) is 24.3 Å². The minimum atomic E-state index is -0.120. The van der Waals surface area contributed by atoms with Crippen molar-refractivity contribution in [3.8, 4) is 0 Å². The Bertz CT molecular complexity index is 325. The van der Waals surface area contributed by atoms with Crippen LogP contribution in [0.2, 0.25) is 0 Å². The summed E-state index contributed by atoms with van der Waals surface area (Å²) in [4.78, 5) is 0. The van der Waals surface area contributed by atoms with Crippen molar-refractivity contribution in [2.75, 3.05) is 20.2 Å². The van der Waals surface area contributed by atoms with Crippen LogP contribution >= 0.6 is 11.8 Å². The van der Waals surface area contributed by atoms with E-state index in [1.807, 2.05) is 24.9 Å². The number of benzene rings is 1.